The standard InChI is InChI=1S/C22H19ClFNO4/c1-28-21-10-7-15(22(26)27)11-20(21)25-12-14-5-8-16(9-6-14)29-13-17-18(23)3-2-4-19(17)24/h2-11,25H,12-13H2,1H3,(H,26,27). The molecule has 2 N–H and O–H groups in total. The summed E-state index contributed by atoms with van der Waals surface area (Å²) < 4.78 is 24.7. The summed E-state index contributed by atoms with van der Waals surface area (Å²) in [5, 5.41) is 12.6. The van der Waals surface area contributed by atoms with Gasteiger partial charge in [0.2, 0.25) is 0 Å². The lowest BCUT2D eigenvalue weighted by molar-refractivity contribution is 0.0697. The monoisotopic (exact) mass is 415 g/mol. The molecule has 0 aliphatic heterocycles. The van der Waals surface area contributed by atoms with Gasteiger partial charge in [0, 0.05) is 12.1 Å². The summed E-state index contributed by atoms with van der Waals surface area (Å²) in [6.45, 7) is 0.487. The number of carboxylic acids is 1. The Morgan fingerprint density at radius 1 is 1.14 bits per heavy atom. The molecule has 3 aromatic carbocycles. The number of aromatic carboxylic acids is 1. The number of halogens is 2. The smallest absolute Gasteiger partial charge is 0.335 e. The second-order valence-corrected chi connectivity index (χ2v) is 6.61. The van der Waals surface area contributed by atoms with E-state index in [0.717, 1.165) is 5.56 Å². The van der Waals surface area contributed by atoms with Crippen LogP contribution in [0, 0.1) is 5.82 Å². The van der Waals surface area contributed by atoms with Gasteiger partial charge < -0.3 is 19.9 Å². The van der Waals surface area contributed by atoms with Crippen molar-refractivity contribution in [3.05, 3.63) is 88.2 Å². The van der Waals surface area contributed by atoms with Gasteiger partial charge >= 0.3 is 5.97 Å². The first kappa shape index (κ1) is 20.5. The summed E-state index contributed by atoms with van der Waals surface area (Å²) in [6, 6.07) is 16.4. The molecule has 7 heteroatoms. The molecule has 0 heterocycles. The van der Waals surface area contributed by atoms with Gasteiger partial charge in [0.1, 0.15) is 23.9 Å². The van der Waals surface area contributed by atoms with Gasteiger partial charge in [-0.2, -0.15) is 0 Å². The molecule has 0 aliphatic carbocycles. The molecule has 150 valence electrons. The normalized spacial score (nSPS) is 10.4. The second-order valence-electron chi connectivity index (χ2n) is 6.21. The number of nitrogens with one attached hydrogen (secondary N) is 1. The molecule has 3 rings (SSSR count). The zero-order valence-corrected chi connectivity index (χ0v) is 16.4. The molecular formula is C22H19ClFNO4. The van der Waals surface area contributed by atoms with Crippen LogP contribution in [0.15, 0.2) is 60.7 Å². The van der Waals surface area contributed by atoms with E-state index in [4.69, 9.17) is 26.2 Å². The van der Waals surface area contributed by atoms with Crippen molar-refractivity contribution in [3.63, 3.8) is 0 Å². The molecule has 0 unspecified atom stereocenters. The minimum atomic E-state index is -1.01. The van der Waals surface area contributed by atoms with E-state index >= 15 is 0 Å². The highest BCUT2D eigenvalue weighted by molar-refractivity contribution is 6.31. The molecule has 0 bridgehead atoms. The zero-order valence-electron chi connectivity index (χ0n) is 15.6. The number of methoxy groups -OCH3 is 1. The Hall–Kier alpha value is -3.25. The van der Waals surface area contributed by atoms with Gasteiger partial charge in [0.15, 0.2) is 0 Å². The molecule has 0 amide bonds. The van der Waals surface area contributed by atoms with Crippen LogP contribution in [0.1, 0.15) is 21.5 Å². The van der Waals surface area contributed by atoms with Crippen LogP contribution in [0.25, 0.3) is 0 Å². The van der Waals surface area contributed by atoms with E-state index in [9.17, 15) is 9.18 Å². The molecule has 0 aromatic heterocycles. The minimum Gasteiger partial charge on any atom is -0.495 e. The van der Waals surface area contributed by atoms with Gasteiger partial charge in [-0.15, -0.1) is 0 Å². The highest BCUT2D eigenvalue weighted by Crippen LogP contribution is 2.27. The quantitative estimate of drug-likeness (QED) is 0.517. The van der Waals surface area contributed by atoms with Crippen molar-refractivity contribution in [2.45, 2.75) is 13.2 Å². The molecule has 5 nitrogen and oxygen atoms in total. The Labute approximate surface area is 172 Å². The predicted molar refractivity (Wildman–Crippen MR) is 109 cm³/mol. The lowest BCUT2D eigenvalue weighted by Gasteiger charge is -2.13. The fourth-order valence-electron chi connectivity index (χ4n) is 2.71. The van der Waals surface area contributed by atoms with E-state index in [1.54, 1.807) is 30.3 Å². The molecule has 0 saturated carbocycles. The lowest BCUT2D eigenvalue weighted by atomic mass is 10.1. The van der Waals surface area contributed by atoms with E-state index < -0.39 is 11.8 Å². The summed E-state index contributed by atoms with van der Waals surface area (Å²) in [4.78, 5) is 11.2. The first-order valence-corrected chi connectivity index (χ1v) is 9.15. The summed E-state index contributed by atoms with van der Waals surface area (Å²) in [5.74, 6) is -0.279. The van der Waals surface area contributed by atoms with Crippen LogP contribution in [0.2, 0.25) is 5.02 Å². The molecule has 0 saturated heterocycles. The molecule has 29 heavy (non-hydrogen) atoms. The Morgan fingerprint density at radius 2 is 1.90 bits per heavy atom. The van der Waals surface area contributed by atoms with Gasteiger partial charge in [-0.1, -0.05) is 29.8 Å². The summed E-state index contributed by atoms with van der Waals surface area (Å²) in [5.41, 5.74) is 2.01. The van der Waals surface area contributed by atoms with Crippen molar-refractivity contribution in [1.82, 2.24) is 0 Å². The average Bonchev–Trinajstić information content (AvgIpc) is 2.72. The first-order chi connectivity index (χ1) is 14.0. The van der Waals surface area contributed by atoms with Gasteiger partial charge in [0.05, 0.1) is 23.4 Å². The van der Waals surface area contributed by atoms with Crippen LogP contribution in [-0.4, -0.2) is 18.2 Å². The maximum Gasteiger partial charge on any atom is 0.335 e. The Bertz CT molecular complexity index is 988. The fourth-order valence-corrected chi connectivity index (χ4v) is 2.92. The average molecular weight is 416 g/mol. The van der Waals surface area contributed by atoms with Crippen LogP contribution in [0.3, 0.4) is 0 Å². The van der Waals surface area contributed by atoms with Crippen LogP contribution in [-0.2, 0) is 13.2 Å². The summed E-state index contributed by atoms with van der Waals surface area (Å²) in [6.07, 6.45) is 0. The largest absolute Gasteiger partial charge is 0.495 e. The number of hydrogen-bond donors (Lipinski definition) is 2. The number of rotatable bonds is 8. The van der Waals surface area contributed by atoms with Gasteiger partial charge in [0.25, 0.3) is 0 Å². The van der Waals surface area contributed by atoms with Crippen LogP contribution >= 0.6 is 11.6 Å². The molecule has 0 spiro atoms. The lowest BCUT2D eigenvalue weighted by Crippen LogP contribution is -2.04. The van der Waals surface area contributed by atoms with Crippen molar-refractivity contribution >= 4 is 23.3 Å². The van der Waals surface area contributed by atoms with Crippen molar-refractivity contribution < 1.29 is 23.8 Å². The van der Waals surface area contributed by atoms with Crippen LogP contribution < -0.4 is 14.8 Å². The minimum absolute atomic E-state index is 0.0300. The number of carbonyl (C=O) groups is 1. The topological polar surface area (TPSA) is 67.8 Å². The molecule has 0 atom stereocenters. The Kier molecular flexibility index (Phi) is 6.57. The third-order valence-corrected chi connectivity index (χ3v) is 4.65. The Balaban J connectivity index is 1.63. The zero-order chi connectivity index (χ0) is 20.8. The number of carboxylic acid groups (broad SMARTS) is 1. The number of ether oxygens (including phenoxy) is 2. The molecule has 0 fully saturated rings. The van der Waals surface area contributed by atoms with E-state index in [1.807, 2.05) is 12.1 Å². The van der Waals surface area contributed by atoms with Crippen molar-refractivity contribution in [1.29, 1.82) is 0 Å². The fraction of sp³-hybridized carbons (Fsp3) is 0.136. The maximum atomic E-state index is 13.8. The Morgan fingerprint density at radius 3 is 2.55 bits per heavy atom. The van der Waals surface area contributed by atoms with E-state index in [-0.39, 0.29) is 12.2 Å². The third-order valence-electron chi connectivity index (χ3n) is 4.30. The SMILES string of the molecule is COc1ccc(C(=O)O)cc1NCc1ccc(OCc2c(F)cccc2Cl)cc1. The number of hydrogen-bond acceptors (Lipinski definition) is 4. The highest BCUT2D eigenvalue weighted by Gasteiger charge is 2.10. The highest BCUT2D eigenvalue weighted by atomic mass is 35.5. The van der Waals surface area contributed by atoms with Crippen LogP contribution in [0.4, 0.5) is 10.1 Å². The predicted octanol–water partition coefficient (Wildman–Crippen LogP) is 5.38. The van der Waals surface area contributed by atoms with Crippen LogP contribution in [0.5, 0.6) is 11.5 Å². The van der Waals surface area contributed by atoms with E-state index in [2.05, 4.69) is 5.32 Å². The van der Waals surface area contributed by atoms with Crippen molar-refractivity contribution in [2.75, 3.05) is 12.4 Å². The number of benzene rings is 3. The molecule has 3 aromatic rings. The van der Waals surface area contributed by atoms with Gasteiger partial charge in [-0.05, 0) is 48.0 Å². The maximum absolute atomic E-state index is 13.8. The first-order valence-electron chi connectivity index (χ1n) is 8.77. The van der Waals surface area contributed by atoms with E-state index in [1.165, 1.54) is 25.3 Å². The molecular weight excluding hydrogens is 397 g/mol. The second kappa shape index (κ2) is 9.30. The van der Waals surface area contributed by atoms with E-state index in [0.29, 0.717) is 34.3 Å². The summed E-state index contributed by atoms with van der Waals surface area (Å²) in [7, 11) is 1.52. The molecule has 0 aliphatic rings. The summed E-state index contributed by atoms with van der Waals surface area (Å²) >= 11 is 6.00. The third kappa shape index (κ3) is 5.18. The number of anilines is 1. The van der Waals surface area contributed by atoms with Crippen molar-refractivity contribution in [2.24, 2.45) is 0 Å². The molecule has 0 radical (unpaired) electrons. The van der Waals surface area contributed by atoms with Gasteiger partial charge in [-0.25, -0.2) is 9.18 Å². The van der Waals surface area contributed by atoms with Gasteiger partial charge in [-0.3, -0.25) is 0 Å². The van der Waals surface area contributed by atoms with Crippen molar-refractivity contribution in [3.8, 4) is 11.5 Å².